The molecule has 0 aliphatic carbocycles. The molecule has 7 nitrogen and oxygen atoms in total. The zero-order valence-corrected chi connectivity index (χ0v) is 28.0. The fourth-order valence-electron chi connectivity index (χ4n) is 6.63. The van der Waals surface area contributed by atoms with Crippen LogP contribution >= 0.6 is 0 Å². The van der Waals surface area contributed by atoms with Gasteiger partial charge in [0.2, 0.25) is 0 Å². The van der Waals surface area contributed by atoms with Gasteiger partial charge in [0.05, 0.1) is 11.4 Å². The van der Waals surface area contributed by atoms with Crippen molar-refractivity contribution in [1.82, 2.24) is 29.1 Å². The predicted octanol–water partition coefficient (Wildman–Crippen LogP) is 8.91. The Morgan fingerprint density at radius 3 is 2.21 bits per heavy atom. The summed E-state index contributed by atoms with van der Waals surface area (Å²) in [6, 6.07) is 39.8. The van der Waals surface area contributed by atoms with Gasteiger partial charge in [0.1, 0.15) is 5.82 Å². The van der Waals surface area contributed by atoms with Gasteiger partial charge in [-0.2, -0.15) is 11.2 Å². The number of nitrogens with zero attached hydrogens (tertiary/aromatic N) is 6. The zero-order chi connectivity index (χ0) is 30.9. The van der Waals surface area contributed by atoms with Crippen molar-refractivity contribution < 1.29 is 25.8 Å². The Morgan fingerprint density at radius 2 is 1.43 bits per heavy atom. The molecule has 0 atom stereocenters. The monoisotopic (exact) mass is 789 g/mol. The second-order valence-electron chi connectivity index (χ2n) is 11.6. The van der Waals surface area contributed by atoms with Gasteiger partial charge < -0.3 is 18.7 Å². The molecule has 0 unspecified atom stereocenters. The number of aromatic nitrogens is 6. The van der Waals surface area contributed by atoms with Gasteiger partial charge >= 0.3 is 21.1 Å². The van der Waals surface area contributed by atoms with E-state index in [1.165, 1.54) is 0 Å². The van der Waals surface area contributed by atoms with Crippen LogP contribution in [0.4, 0.5) is 0 Å². The van der Waals surface area contributed by atoms with E-state index >= 15 is 0 Å². The fraction of sp³-hybridized carbons (Fsp3) is 0.0769. The maximum absolute atomic E-state index is 6.54. The van der Waals surface area contributed by atoms with Gasteiger partial charge in [-0.3, -0.25) is 0 Å². The van der Waals surface area contributed by atoms with Gasteiger partial charge in [0.15, 0.2) is 5.82 Å². The largest absolute Gasteiger partial charge is 2.00 e. The quantitative estimate of drug-likeness (QED) is 0.132. The second kappa shape index (κ2) is 11.1. The van der Waals surface area contributed by atoms with Crippen LogP contribution in [0, 0.1) is 32.9 Å². The van der Waals surface area contributed by atoms with Gasteiger partial charge in [-0.05, 0) is 71.2 Å². The number of ether oxygens (including phenoxy) is 1. The Balaban J connectivity index is 0.00000324. The van der Waals surface area contributed by atoms with Crippen molar-refractivity contribution in [1.29, 1.82) is 0 Å². The topological polar surface area (TPSA) is 70.1 Å². The first-order valence-electron chi connectivity index (χ1n) is 15.2. The van der Waals surface area contributed by atoms with Gasteiger partial charge in [0, 0.05) is 28.5 Å². The third kappa shape index (κ3) is 4.45. The van der Waals surface area contributed by atoms with Crippen molar-refractivity contribution in [2.24, 2.45) is 0 Å². The first kappa shape index (κ1) is 29.0. The van der Waals surface area contributed by atoms with Gasteiger partial charge in [0.25, 0.3) is 0 Å². The summed E-state index contributed by atoms with van der Waals surface area (Å²) in [5.41, 5.74) is 8.49. The van der Waals surface area contributed by atoms with Crippen molar-refractivity contribution in [3.63, 3.8) is 0 Å². The Bertz CT molecular complexity index is 2640. The number of aryl methyl sites for hydroxylation is 3. The predicted molar refractivity (Wildman–Crippen MR) is 182 cm³/mol. The standard InChI is InChI=1S/C39H26N6O.Pt/c1-23-11-10-12-24(2)36(23)39-43-42-38-30-22-34(25(3)41-37(30)29-14-5-7-16-32(29)45(38)39)46-26-18-19-28-27-13-4-6-15-31(27)44(33(28)21-26)35-17-8-9-20-40-35;/h4-20H,1-3H3;/q-2;+2. The summed E-state index contributed by atoms with van der Waals surface area (Å²) >= 11 is 0. The van der Waals surface area contributed by atoms with Crippen LogP contribution in [-0.2, 0) is 21.1 Å². The maximum atomic E-state index is 6.54. The van der Waals surface area contributed by atoms with E-state index in [-0.39, 0.29) is 21.1 Å². The summed E-state index contributed by atoms with van der Waals surface area (Å²) < 4.78 is 10.8. The number of fused-ring (bicyclic) bond motifs is 9. The molecular formula is C39H26N6OPt. The van der Waals surface area contributed by atoms with Crippen molar-refractivity contribution in [3.05, 3.63) is 132 Å². The molecule has 4 aromatic carbocycles. The maximum Gasteiger partial charge on any atom is 2.00 e. The van der Waals surface area contributed by atoms with E-state index in [2.05, 4.69) is 94.5 Å². The van der Waals surface area contributed by atoms with Crippen molar-refractivity contribution in [2.75, 3.05) is 0 Å². The van der Waals surface area contributed by atoms with Crippen LogP contribution in [0.5, 0.6) is 11.5 Å². The summed E-state index contributed by atoms with van der Waals surface area (Å²) in [6.07, 6.45) is 1.80. The van der Waals surface area contributed by atoms with Gasteiger partial charge in [-0.15, -0.1) is 22.6 Å². The summed E-state index contributed by atoms with van der Waals surface area (Å²) in [4.78, 5) is 9.71. The zero-order valence-electron chi connectivity index (χ0n) is 25.7. The molecule has 5 aromatic heterocycles. The van der Waals surface area contributed by atoms with Crippen molar-refractivity contribution in [3.8, 4) is 28.7 Å². The molecule has 0 spiro atoms. The van der Waals surface area contributed by atoms with Crippen LogP contribution in [0.1, 0.15) is 16.8 Å². The van der Waals surface area contributed by atoms with Crippen molar-refractivity contribution in [2.45, 2.75) is 20.8 Å². The summed E-state index contributed by atoms with van der Waals surface area (Å²) in [5, 5.41) is 13.4. The molecule has 0 aliphatic heterocycles. The molecule has 9 rings (SSSR count). The van der Waals surface area contributed by atoms with E-state index in [4.69, 9.17) is 19.9 Å². The third-order valence-corrected chi connectivity index (χ3v) is 8.72. The van der Waals surface area contributed by atoms with Crippen LogP contribution in [0.2, 0.25) is 0 Å². The number of hydrogen-bond donors (Lipinski definition) is 0. The molecule has 0 saturated heterocycles. The third-order valence-electron chi connectivity index (χ3n) is 8.72. The molecule has 228 valence electrons. The minimum absolute atomic E-state index is 0. The summed E-state index contributed by atoms with van der Waals surface area (Å²) in [6.45, 7) is 6.16. The van der Waals surface area contributed by atoms with Crippen molar-refractivity contribution >= 4 is 49.3 Å². The summed E-state index contributed by atoms with van der Waals surface area (Å²) in [5.74, 6) is 2.68. The minimum atomic E-state index is 0. The molecular weight excluding hydrogens is 764 g/mol. The number of benzene rings is 4. The molecule has 9 aromatic rings. The Kier molecular flexibility index (Phi) is 6.89. The Labute approximate surface area is 284 Å². The van der Waals surface area contributed by atoms with Gasteiger partial charge in [-0.25, -0.2) is 4.98 Å². The van der Waals surface area contributed by atoms with E-state index in [1.807, 2.05) is 49.4 Å². The van der Waals surface area contributed by atoms with E-state index < -0.39 is 0 Å². The minimum Gasteiger partial charge on any atom is -0.501 e. The summed E-state index contributed by atoms with van der Waals surface area (Å²) in [7, 11) is 0. The average molecular weight is 790 g/mol. The van der Waals surface area contributed by atoms with E-state index in [0.717, 1.165) is 77.6 Å². The Hall–Kier alpha value is -5.39. The number of hydrogen-bond acceptors (Lipinski definition) is 5. The van der Waals surface area contributed by atoms with Crippen LogP contribution in [0.25, 0.3) is 66.5 Å². The second-order valence-corrected chi connectivity index (χ2v) is 11.6. The Morgan fingerprint density at radius 1 is 0.681 bits per heavy atom. The molecule has 0 N–H and O–H groups in total. The fourth-order valence-corrected chi connectivity index (χ4v) is 6.63. The number of pyridine rings is 3. The average Bonchev–Trinajstić information content (AvgIpc) is 3.66. The van der Waals surface area contributed by atoms with Crippen LogP contribution in [-0.4, -0.2) is 29.1 Å². The molecule has 47 heavy (non-hydrogen) atoms. The molecule has 0 fully saturated rings. The van der Waals surface area contributed by atoms with E-state index in [9.17, 15) is 0 Å². The van der Waals surface area contributed by atoms with E-state index in [0.29, 0.717) is 17.1 Å². The van der Waals surface area contributed by atoms with E-state index in [1.54, 1.807) is 6.20 Å². The van der Waals surface area contributed by atoms with Gasteiger partial charge in [-0.1, -0.05) is 84.6 Å². The first-order valence-corrected chi connectivity index (χ1v) is 15.2. The molecule has 0 amide bonds. The van der Waals surface area contributed by atoms with Crippen LogP contribution in [0.3, 0.4) is 0 Å². The molecule has 0 aliphatic rings. The van der Waals surface area contributed by atoms with Crippen LogP contribution in [0.15, 0.2) is 103 Å². The molecule has 8 heteroatoms. The molecule has 5 heterocycles. The number of rotatable bonds is 4. The van der Waals surface area contributed by atoms with Crippen LogP contribution < -0.4 is 4.74 Å². The SMILES string of the molecule is Cc1cccc(C)c1-c1nnc2c3[c-]c(Oc4[c-]c5c(cc4)c4ccccc4n5-c4ccccn4)c(C)nc3c3ccccc3n12.[Pt+2]. The number of para-hydroxylation sites is 2. The molecule has 0 saturated carbocycles. The first-order chi connectivity index (χ1) is 22.6. The molecule has 0 radical (unpaired) electrons. The molecule has 0 bridgehead atoms. The normalized spacial score (nSPS) is 11.6. The smallest absolute Gasteiger partial charge is 0.501 e.